The number of hydrogen-bond acceptors (Lipinski definition) is 8. The summed E-state index contributed by atoms with van der Waals surface area (Å²) in [6, 6.07) is 14.8. The number of rotatable bonds is 8. The number of aliphatic hydroxyl groups excluding tert-OH is 3. The molecule has 11 heteroatoms. The predicted octanol–water partition coefficient (Wildman–Crippen LogP) is 1.06. The summed E-state index contributed by atoms with van der Waals surface area (Å²) in [4.78, 5) is 37.8. The van der Waals surface area contributed by atoms with E-state index >= 15 is 0 Å². The van der Waals surface area contributed by atoms with Crippen LogP contribution >= 0.6 is 0 Å². The van der Waals surface area contributed by atoms with Gasteiger partial charge in [0.2, 0.25) is 6.29 Å². The Hall–Kier alpha value is -3.51. The van der Waals surface area contributed by atoms with E-state index in [1.54, 1.807) is 24.3 Å². The van der Waals surface area contributed by atoms with Crippen molar-refractivity contribution in [2.24, 2.45) is 5.92 Å². The Balaban J connectivity index is 1.57. The topological polar surface area (TPSA) is 157 Å². The number of benzene rings is 2. The smallest absolute Gasteiger partial charge is 0.335 e. The standard InChI is InChI=1S/C25H28N2O9/c1-2-3-9-17-22(31)26(14-7-5-4-6-8-14)27(23(17)32)15-10-12-16(13-11-15)35-25-20(30)18(28)19(29)21(36-25)24(33)34/h4-8,10-13,17-21,25,28-30H,2-3,9H2,1H3,(H,33,34)/t17?,18-,19-,20+,21-,25?/m0/s1. The van der Waals surface area contributed by atoms with Crippen LogP contribution in [0.2, 0.25) is 0 Å². The lowest BCUT2D eigenvalue weighted by Gasteiger charge is -2.38. The summed E-state index contributed by atoms with van der Waals surface area (Å²) in [6.45, 7) is 1.99. The van der Waals surface area contributed by atoms with Gasteiger partial charge in [-0.25, -0.2) is 14.8 Å². The summed E-state index contributed by atoms with van der Waals surface area (Å²) >= 11 is 0. The van der Waals surface area contributed by atoms with Gasteiger partial charge in [0.15, 0.2) is 6.10 Å². The number of carbonyl (C=O) groups excluding carboxylic acids is 2. The van der Waals surface area contributed by atoms with Crippen LogP contribution in [0, 0.1) is 5.92 Å². The second kappa shape index (κ2) is 10.6. The Bertz CT molecular complexity index is 1090. The second-order valence-electron chi connectivity index (χ2n) is 8.68. The molecule has 6 atom stereocenters. The number of unbranched alkanes of at least 4 members (excludes halogenated alkanes) is 1. The number of ether oxygens (including phenoxy) is 2. The number of hydrazine groups is 1. The second-order valence-corrected chi connectivity index (χ2v) is 8.68. The molecule has 0 radical (unpaired) electrons. The third kappa shape index (κ3) is 4.78. The number of hydrogen-bond donors (Lipinski definition) is 4. The van der Waals surface area contributed by atoms with Crippen LogP contribution in [0.15, 0.2) is 54.6 Å². The quantitative estimate of drug-likeness (QED) is 0.389. The first-order valence-electron chi connectivity index (χ1n) is 11.7. The number of aliphatic hydroxyl groups is 3. The molecule has 36 heavy (non-hydrogen) atoms. The van der Waals surface area contributed by atoms with Gasteiger partial charge in [-0.15, -0.1) is 0 Å². The average Bonchev–Trinajstić information content (AvgIpc) is 3.13. The molecule has 2 aliphatic rings. The Morgan fingerprint density at radius 3 is 2.03 bits per heavy atom. The maximum Gasteiger partial charge on any atom is 0.335 e. The highest BCUT2D eigenvalue weighted by Gasteiger charge is 2.49. The van der Waals surface area contributed by atoms with E-state index in [2.05, 4.69) is 0 Å². The van der Waals surface area contributed by atoms with E-state index in [0.717, 1.165) is 12.8 Å². The molecular formula is C25H28N2O9. The van der Waals surface area contributed by atoms with Crippen LogP contribution in [0.1, 0.15) is 26.2 Å². The van der Waals surface area contributed by atoms with Crippen LogP contribution < -0.4 is 14.8 Å². The molecule has 192 valence electrons. The van der Waals surface area contributed by atoms with Gasteiger partial charge in [0, 0.05) is 0 Å². The highest BCUT2D eigenvalue weighted by molar-refractivity contribution is 6.23. The lowest BCUT2D eigenvalue weighted by Crippen LogP contribution is -2.61. The molecule has 2 aromatic rings. The average molecular weight is 501 g/mol. The summed E-state index contributed by atoms with van der Waals surface area (Å²) in [6.07, 6.45) is -6.68. The maximum atomic E-state index is 13.3. The van der Waals surface area contributed by atoms with Crippen molar-refractivity contribution >= 4 is 29.2 Å². The van der Waals surface area contributed by atoms with Crippen LogP contribution in [0.5, 0.6) is 5.75 Å². The Labute approximate surface area is 207 Å². The van der Waals surface area contributed by atoms with Gasteiger partial charge in [0.1, 0.15) is 30.0 Å². The highest BCUT2D eigenvalue weighted by Crippen LogP contribution is 2.35. The largest absolute Gasteiger partial charge is 0.479 e. The van der Waals surface area contributed by atoms with Crippen molar-refractivity contribution in [3.05, 3.63) is 54.6 Å². The number of amides is 2. The summed E-state index contributed by atoms with van der Waals surface area (Å²) in [5.74, 6) is -2.84. The molecular weight excluding hydrogens is 472 g/mol. The first kappa shape index (κ1) is 25.6. The van der Waals surface area contributed by atoms with Gasteiger partial charge < -0.3 is 29.9 Å². The van der Waals surface area contributed by atoms with Crippen molar-refractivity contribution in [3.8, 4) is 5.75 Å². The number of nitrogens with zero attached hydrogens (tertiary/aromatic N) is 2. The molecule has 4 rings (SSSR count). The van der Waals surface area contributed by atoms with Gasteiger partial charge in [-0.3, -0.25) is 9.59 Å². The lowest BCUT2D eigenvalue weighted by molar-refractivity contribution is -0.271. The number of carboxylic acid groups (broad SMARTS) is 1. The van der Waals surface area contributed by atoms with Crippen molar-refractivity contribution in [3.63, 3.8) is 0 Å². The Morgan fingerprint density at radius 2 is 1.47 bits per heavy atom. The number of para-hydroxylation sites is 1. The van der Waals surface area contributed by atoms with Crippen LogP contribution in [-0.4, -0.2) is 68.9 Å². The normalized spacial score (nSPS) is 28.4. The first-order valence-corrected chi connectivity index (χ1v) is 11.7. The third-order valence-corrected chi connectivity index (χ3v) is 6.21. The summed E-state index contributed by atoms with van der Waals surface area (Å²) in [7, 11) is 0. The number of carbonyl (C=O) groups is 3. The van der Waals surface area contributed by atoms with Crippen molar-refractivity contribution in [1.82, 2.24) is 0 Å². The summed E-state index contributed by atoms with van der Waals surface area (Å²) in [5.41, 5.74) is 0.939. The van der Waals surface area contributed by atoms with Gasteiger partial charge in [-0.05, 0) is 42.8 Å². The highest BCUT2D eigenvalue weighted by atomic mass is 16.7. The Kier molecular flexibility index (Phi) is 7.55. The molecule has 2 saturated heterocycles. The molecule has 0 spiro atoms. The summed E-state index contributed by atoms with van der Waals surface area (Å²) in [5, 5.41) is 41.8. The van der Waals surface area contributed by atoms with Crippen LogP contribution in [0.4, 0.5) is 11.4 Å². The molecule has 2 fully saturated rings. The number of carboxylic acids is 1. The zero-order chi connectivity index (χ0) is 26.0. The van der Waals surface area contributed by atoms with Gasteiger partial charge >= 0.3 is 5.97 Å². The molecule has 0 aliphatic carbocycles. The SMILES string of the molecule is CCCCC1C(=O)N(c2ccccc2)N(c2ccc(OC3O[C@H](C(=O)O)[C@@H](O)[C@H](O)[C@H]3O)cc2)C1=O. The minimum atomic E-state index is -1.83. The molecule has 2 aromatic carbocycles. The fourth-order valence-corrected chi connectivity index (χ4v) is 4.26. The van der Waals surface area contributed by atoms with Crippen molar-refractivity contribution in [2.45, 2.75) is 56.9 Å². The summed E-state index contributed by atoms with van der Waals surface area (Å²) < 4.78 is 10.7. The van der Waals surface area contributed by atoms with E-state index in [0.29, 0.717) is 17.8 Å². The van der Waals surface area contributed by atoms with Gasteiger partial charge in [-0.1, -0.05) is 38.0 Å². The minimum Gasteiger partial charge on any atom is -0.479 e. The molecule has 0 saturated carbocycles. The van der Waals surface area contributed by atoms with E-state index in [1.165, 1.54) is 34.3 Å². The zero-order valence-corrected chi connectivity index (χ0v) is 19.5. The molecule has 2 heterocycles. The molecule has 11 nitrogen and oxygen atoms in total. The third-order valence-electron chi connectivity index (χ3n) is 6.21. The van der Waals surface area contributed by atoms with Crippen molar-refractivity contribution in [1.29, 1.82) is 0 Å². The maximum absolute atomic E-state index is 13.3. The predicted molar refractivity (Wildman–Crippen MR) is 126 cm³/mol. The van der Waals surface area contributed by atoms with Gasteiger partial charge in [0.25, 0.3) is 11.8 Å². The molecule has 0 bridgehead atoms. The Morgan fingerprint density at radius 1 is 0.889 bits per heavy atom. The van der Waals surface area contributed by atoms with Crippen LogP contribution in [-0.2, 0) is 19.1 Å². The van der Waals surface area contributed by atoms with E-state index < -0.39 is 42.6 Å². The molecule has 2 aliphatic heterocycles. The molecule has 2 amide bonds. The monoisotopic (exact) mass is 500 g/mol. The fraction of sp³-hybridized carbons (Fsp3) is 0.400. The number of aliphatic carboxylic acids is 1. The molecule has 4 N–H and O–H groups in total. The van der Waals surface area contributed by atoms with E-state index in [4.69, 9.17) is 9.47 Å². The van der Waals surface area contributed by atoms with Gasteiger partial charge in [-0.2, -0.15) is 0 Å². The van der Waals surface area contributed by atoms with E-state index in [9.17, 15) is 34.8 Å². The lowest BCUT2D eigenvalue weighted by atomic mass is 9.99. The molecule has 0 aromatic heterocycles. The van der Waals surface area contributed by atoms with Crippen molar-refractivity contribution in [2.75, 3.05) is 10.0 Å². The van der Waals surface area contributed by atoms with Crippen LogP contribution in [0.25, 0.3) is 0 Å². The number of anilines is 2. The first-order chi connectivity index (χ1) is 17.2. The van der Waals surface area contributed by atoms with Crippen LogP contribution in [0.3, 0.4) is 0 Å². The minimum absolute atomic E-state index is 0.141. The van der Waals surface area contributed by atoms with E-state index in [-0.39, 0.29) is 17.6 Å². The zero-order valence-electron chi connectivity index (χ0n) is 19.5. The van der Waals surface area contributed by atoms with Crippen molar-refractivity contribution < 1.29 is 44.3 Å². The van der Waals surface area contributed by atoms with Gasteiger partial charge in [0.05, 0.1) is 11.4 Å². The fourth-order valence-electron chi connectivity index (χ4n) is 4.26. The molecule has 2 unspecified atom stereocenters. The van der Waals surface area contributed by atoms with E-state index in [1.807, 2.05) is 13.0 Å².